The molecule has 9 heteroatoms. The van der Waals surface area contributed by atoms with Crippen molar-refractivity contribution in [3.05, 3.63) is 11.7 Å². The summed E-state index contributed by atoms with van der Waals surface area (Å²) in [4.78, 5) is 3.88. The molecule has 2 N–H and O–H groups in total. The quantitative estimate of drug-likeness (QED) is 0.747. The highest BCUT2D eigenvalue weighted by molar-refractivity contribution is 4.92. The summed E-state index contributed by atoms with van der Waals surface area (Å²) < 4.78 is 58.3. The van der Waals surface area contributed by atoms with Crippen LogP contribution in [0, 0.1) is 5.92 Å². The largest absolute Gasteiger partial charge is 0.367 e. The molecule has 0 aromatic carbocycles. The van der Waals surface area contributed by atoms with E-state index in [1.54, 1.807) is 0 Å². The Morgan fingerprint density at radius 2 is 2.05 bits per heavy atom. The van der Waals surface area contributed by atoms with Gasteiger partial charge in [0.1, 0.15) is 13.2 Å². The molecule has 0 aliphatic carbocycles. The predicted octanol–water partition coefficient (Wildman–Crippen LogP) is 2.53. The Labute approximate surface area is 113 Å². The normalized spacial score (nSPS) is 15.6. The van der Waals surface area contributed by atoms with Crippen molar-refractivity contribution in [3.63, 3.8) is 0 Å². The van der Waals surface area contributed by atoms with Gasteiger partial charge in [-0.3, -0.25) is 0 Å². The molecule has 0 fully saturated rings. The van der Waals surface area contributed by atoms with E-state index in [4.69, 9.17) is 10.3 Å². The van der Waals surface area contributed by atoms with E-state index < -0.39 is 31.6 Å². The van der Waals surface area contributed by atoms with Gasteiger partial charge in [0.05, 0.1) is 6.04 Å². The van der Waals surface area contributed by atoms with E-state index in [0.717, 1.165) is 6.42 Å². The molecule has 0 radical (unpaired) electrons. The molecule has 1 rings (SSSR count). The molecule has 2 atom stereocenters. The van der Waals surface area contributed by atoms with Crippen molar-refractivity contribution in [1.82, 2.24) is 10.1 Å². The van der Waals surface area contributed by atoms with E-state index in [9.17, 15) is 17.6 Å². The first-order valence-corrected chi connectivity index (χ1v) is 6.09. The lowest BCUT2D eigenvalue weighted by Crippen LogP contribution is -2.32. The van der Waals surface area contributed by atoms with Gasteiger partial charge in [-0.05, 0) is 5.92 Å². The number of nitrogens with two attached hydrogens (primary N) is 1. The molecule has 0 saturated heterocycles. The summed E-state index contributed by atoms with van der Waals surface area (Å²) in [5.74, 6) is -3.94. The molecular weight excluding hydrogens is 282 g/mol. The minimum Gasteiger partial charge on any atom is -0.367 e. The fourth-order valence-electron chi connectivity index (χ4n) is 1.30. The number of rotatable bonds is 8. The van der Waals surface area contributed by atoms with Crippen LogP contribution in [0.1, 0.15) is 38.0 Å². The molecule has 1 aromatic heterocycles. The molecule has 5 nitrogen and oxygen atoms in total. The maximum absolute atomic E-state index is 12.6. The number of alkyl halides is 4. The molecule has 1 aromatic rings. The van der Waals surface area contributed by atoms with Gasteiger partial charge in [0, 0.05) is 0 Å². The Kier molecular flexibility index (Phi) is 5.88. The third-order valence-corrected chi connectivity index (χ3v) is 2.87. The monoisotopic (exact) mass is 299 g/mol. The lowest BCUT2D eigenvalue weighted by atomic mass is 10.0. The standard InChI is InChI=1S/C11H17F4N3O2/c1-3-6(2)8(16)9-17-7(18-20-9)4-19-5-11(14,15)10(12)13/h6,8,10H,3-5,16H2,1-2H3/t6?,8-/m0/s1. The summed E-state index contributed by atoms with van der Waals surface area (Å²) in [6.07, 6.45) is -2.97. The molecule has 1 unspecified atom stereocenters. The van der Waals surface area contributed by atoms with Gasteiger partial charge in [0.25, 0.3) is 0 Å². The molecule has 0 saturated carbocycles. The molecule has 0 bridgehead atoms. The second-order valence-corrected chi connectivity index (χ2v) is 4.51. The van der Waals surface area contributed by atoms with Crippen molar-refractivity contribution in [2.75, 3.05) is 6.61 Å². The molecule has 20 heavy (non-hydrogen) atoms. The van der Waals surface area contributed by atoms with Crippen molar-refractivity contribution < 1.29 is 26.8 Å². The molecule has 0 spiro atoms. The predicted molar refractivity (Wildman–Crippen MR) is 61.3 cm³/mol. The summed E-state index contributed by atoms with van der Waals surface area (Å²) in [7, 11) is 0. The maximum atomic E-state index is 12.6. The average Bonchev–Trinajstić information content (AvgIpc) is 2.85. The SMILES string of the molecule is CCC(C)[C@H](N)c1nc(COCC(F)(F)C(F)F)no1. The van der Waals surface area contributed by atoms with Gasteiger partial charge in [0.15, 0.2) is 5.82 Å². The van der Waals surface area contributed by atoms with Gasteiger partial charge in [-0.2, -0.15) is 13.8 Å². The number of nitrogens with zero attached hydrogens (tertiary/aromatic N) is 2. The highest BCUT2D eigenvalue weighted by atomic mass is 19.3. The second-order valence-electron chi connectivity index (χ2n) is 4.51. The molecule has 0 aliphatic rings. The summed E-state index contributed by atoms with van der Waals surface area (Å²) in [6.45, 7) is 1.98. The lowest BCUT2D eigenvalue weighted by Gasteiger charge is -2.14. The van der Waals surface area contributed by atoms with E-state index in [-0.39, 0.29) is 17.6 Å². The number of hydrogen-bond donors (Lipinski definition) is 1. The fraction of sp³-hybridized carbons (Fsp3) is 0.818. The van der Waals surface area contributed by atoms with Crippen LogP contribution in [0.5, 0.6) is 0 Å². The van der Waals surface area contributed by atoms with Crippen LogP contribution in [0.25, 0.3) is 0 Å². The summed E-state index contributed by atoms with van der Waals surface area (Å²) in [5, 5.41) is 3.49. The van der Waals surface area contributed by atoms with Crippen LogP contribution in [0.15, 0.2) is 4.52 Å². The van der Waals surface area contributed by atoms with E-state index in [2.05, 4.69) is 14.9 Å². The number of ether oxygens (including phenoxy) is 1. The lowest BCUT2D eigenvalue weighted by molar-refractivity contribution is -0.168. The smallest absolute Gasteiger partial charge is 0.330 e. The van der Waals surface area contributed by atoms with Gasteiger partial charge < -0.3 is 15.0 Å². The minimum absolute atomic E-state index is 0.0104. The van der Waals surface area contributed by atoms with Gasteiger partial charge >= 0.3 is 12.3 Å². The fourth-order valence-corrected chi connectivity index (χ4v) is 1.30. The van der Waals surface area contributed by atoms with Crippen molar-refractivity contribution in [2.45, 2.75) is 45.3 Å². The van der Waals surface area contributed by atoms with Crippen LogP contribution in [0.3, 0.4) is 0 Å². The molecule has 116 valence electrons. The number of halogens is 4. The van der Waals surface area contributed by atoms with Gasteiger partial charge in [-0.25, -0.2) is 8.78 Å². The van der Waals surface area contributed by atoms with Crippen LogP contribution in [0.4, 0.5) is 17.6 Å². The third-order valence-electron chi connectivity index (χ3n) is 2.87. The first kappa shape index (κ1) is 16.8. The van der Waals surface area contributed by atoms with Crippen molar-refractivity contribution in [3.8, 4) is 0 Å². The van der Waals surface area contributed by atoms with E-state index >= 15 is 0 Å². The highest BCUT2D eigenvalue weighted by Gasteiger charge is 2.41. The van der Waals surface area contributed by atoms with Crippen molar-refractivity contribution >= 4 is 0 Å². The first-order chi connectivity index (χ1) is 9.27. The average molecular weight is 299 g/mol. The zero-order valence-corrected chi connectivity index (χ0v) is 11.2. The molecule has 0 amide bonds. The second kappa shape index (κ2) is 6.98. The van der Waals surface area contributed by atoms with Crippen LogP contribution in [0.2, 0.25) is 0 Å². The van der Waals surface area contributed by atoms with Crippen LogP contribution in [-0.2, 0) is 11.3 Å². The number of aromatic nitrogens is 2. The van der Waals surface area contributed by atoms with E-state index in [1.807, 2.05) is 13.8 Å². The van der Waals surface area contributed by atoms with E-state index in [0.29, 0.717) is 0 Å². The maximum Gasteiger partial charge on any atom is 0.330 e. The van der Waals surface area contributed by atoms with Crippen molar-refractivity contribution in [1.29, 1.82) is 0 Å². The van der Waals surface area contributed by atoms with Gasteiger partial charge in [-0.15, -0.1) is 0 Å². The Morgan fingerprint density at radius 3 is 2.60 bits per heavy atom. The Hall–Kier alpha value is -1.22. The summed E-state index contributed by atoms with van der Waals surface area (Å²) in [6, 6.07) is -0.469. The summed E-state index contributed by atoms with van der Waals surface area (Å²) >= 11 is 0. The van der Waals surface area contributed by atoms with Crippen LogP contribution in [-0.4, -0.2) is 29.1 Å². The van der Waals surface area contributed by atoms with Gasteiger partial charge in [-0.1, -0.05) is 25.4 Å². The van der Waals surface area contributed by atoms with E-state index in [1.165, 1.54) is 0 Å². The number of hydrogen-bond acceptors (Lipinski definition) is 5. The van der Waals surface area contributed by atoms with Crippen LogP contribution >= 0.6 is 0 Å². The first-order valence-electron chi connectivity index (χ1n) is 6.09. The minimum atomic E-state index is -4.19. The third kappa shape index (κ3) is 4.41. The Bertz CT molecular complexity index is 414. The van der Waals surface area contributed by atoms with Gasteiger partial charge in [0.2, 0.25) is 5.89 Å². The zero-order chi connectivity index (χ0) is 15.3. The highest BCUT2D eigenvalue weighted by Crippen LogP contribution is 2.23. The van der Waals surface area contributed by atoms with Crippen molar-refractivity contribution in [2.24, 2.45) is 11.7 Å². The zero-order valence-electron chi connectivity index (χ0n) is 11.2. The Morgan fingerprint density at radius 1 is 1.40 bits per heavy atom. The summed E-state index contributed by atoms with van der Waals surface area (Å²) in [5.41, 5.74) is 5.84. The van der Waals surface area contributed by atoms with Crippen LogP contribution < -0.4 is 5.73 Å². The topological polar surface area (TPSA) is 74.2 Å². The molecule has 0 aliphatic heterocycles. The molecular formula is C11H17F4N3O2. The molecule has 1 heterocycles. The Balaban J connectivity index is 2.49.